The quantitative estimate of drug-likeness (QED) is 0.664. The average molecular weight is 188 g/mol. The molecule has 0 atom stereocenters. The van der Waals surface area contributed by atoms with E-state index in [9.17, 15) is 0 Å². The Kier molecular flexibility index (Phi) is 2.19. The molecule has 2 rings (SSSR count). The van der Waals surface area contributed by atoms with Crippen molar-refractivity contribution in [2.24, 2.45) is 4.99 Å². The molecule has 0 radical (unpaired) electrons. The third-order valence-electron chi connectivity index (χ3n) is 1.70. The van der Waals surface area contributed by atoms with Crippen LogP contribution in [0.3, 0.4) is 0 Å². The van der Waals surface area contributed by atoms with Crippen molar-refractivity contribution in [2.45, 2.75) is 0 Å². The van der Waals surface area contributed by atoms with E-state index in [0.717, 1.165) is 16.4 Å². The maximum absolute atomic E-state index is 4.29. The summed E-state index contributed by atoms with van der Waals surface area (Å²) >= 11 is 1.50. The second kappa shape index (κ2) is 3.49. The number of hydrogen-bond acceptors (Lipinski definition) is 3. The average Bonchev–Trinajstić information content (AvgIpc) is 2.67. The summed E-state index contributed by atoms with van der Waals surface area (Å²) in [6.45, 7) is 3.44. The topological polar surface area (TPSA) is 25.2 Å². The Bertz CT molecular complexity index is 406. The molecule has 1 aromatic heterocycles. The zero-order valence-corrected chi connectivity index (χ0v) is 7.79. The molecule has 0 aliphatic heterocycles. The minimum Gasteiger partial charge on any atom is -0.236 e. The Labute approximate surface area is 80.6 Å². The molecule has 1 heterocycles. The van der Waals surface area contributed by atoms with E-state index < -0.39 is 0 Å². The number of aromatic nitrogens is 1. The highest BCUT2D eigenvalue weighted by atomic mass is 32.1. The summed E-state index contributed by atoms with van der Waals surface area (Å²) in [5, 5.41) is 2.71. The molecule has 0 N–H and O–H groups in total. The van der Waals surface area contributed by atoms with Crippen molar-refractivity contribution in [2.75, 3.05) is 0 Å². The van der Waals surface area contributed by atoms with Crippen LogP contribution in [0.25, 0.3) is 11.3 Å². The first-order chi connectivity index (χ1) is 6.40. The number of rotatable bonds is 2. The molecule has 0 aliphatic rings. The first kappa shape index (κ1) is 8.13. The largest absolute Gasteiger partial charge is 0.236 e. The molecular formula is C10H8N2S. The van der Waals surface area contributed by atoms with Gasteiger partial charge >= 0.3 is 0 Å². The van der Waals surface area contributed by atoms with Gasteiger partial charge in [-0.3, -0.25) is 0 Å². The van der Waals surface area contributed by atoms with Gasteiger partial charge in [0.15, 0.2) is 0 Å². The van der Waals surface area contributed by atoms with Crippen LogP contribution in [0, 0.1) is 0 Å². The van der Waals surface area contributed by atoms with Crippen molar-refractivity contribution in [3.63, 3.8) is 0 Å². The van der Waals surface area contributed by atoms with Crippen molar-refractivity contribution in [3.8, 4) is 11.3 Å². The Morgan fingerprint density at radius 2 is 2.00 bits per heavy atom. The normalized spacial score (nSPS) is 9.85. The van der Waals surface area contributed by atoms with Crippen LogP contribution in [0.15, 0.2) is 40.7 Å². The maximum Gasteiger partial charge on any atom is 0.209 e. The molecule has 0 bridgehead atoms. The van der Waals surface area contributed by atoms with Crippen LogP contribution < -0.4 is 0 Å². The highest BCUT2D eigenvalue weighted by Gasteiger charge is 2.01. The summed E-state index contributed by atoms with van der Waals surface area (Å²) in [5.74, 6) is 0. The fraction of sp³-hybridized carbons (Fsp3) is 0. The van der Waals surface area contributed by atoms with Crippen LogP contribution in [-0.2, 0) is 0 Å². The standard InChI is InChI=1S/C10H8N2S/c1-11-10-12-9(7-13-10)8-5-3-2-4-6-8/h2-7H,1H2. The Morgan fingerprint density at radius 3 is 2.62 bits per heavy atom. The SMILES string of the molecule is C=Nc1nc(-c2ccccc2)cs1. The van der Waals surface area contributed by atoms with Gasteiger partial charge < -0.3 is 0 Å². The van der Waals surface area contributed by atoms with Crippen molar-refractivity contribution in [1.82, 2.24) is 4.98 Å². The van der Waals surface area contributed by atoms with Gasteiger partial charge in [-0.25, -0.2) is 9.98 Å². The minimum absolute atomic E-state index is 0.721. The summed E-state index contributed by atoms with van der Waals surface area (Å²) in [7, 11) is 0. The van der Waals surface area contributed by atoms with E-state index in [0.29, 0.717) is 0 Å². The molecule has 1 aromatic carbocycles. The summed E-state index contributed by atoms with van der Waals surface area (Å²) in [6, 6.07) is 10.0. The second-order valence-electron chi connectivity index (χ2n) is 2.54. The monoisotopic (exact) mass is 188 g/mol. The molecule has 64 valence electrons. The molecule has 0 spiro atoms. The van der Waals surface area contributed by atoms with Crippen molar-refractivity contribution in [3.05, 3.63) is 35.7 Å². The number of aliphatic imine (C=N–C) groups is 1. The molecule has 0 aliphatic carbocycles. The lowest BCUT2D eigenvalue weighted by molar-refractivity contribution is 1.36. The zero-order chi connectivity index (χ0) is 9.10. The number of benzene rings is 1. The summed E-state index contributed by atoms with van der Waals surface area (Å²) < 4.78 is 0. The van der Waals surface area contributed by atoms with E-state index >= 15 is 0 Å². The van der Waals surface area contributed by atoms with Gasteiger partial charge in [0.25, 0.3) is 0 Å². The highest BCUT2D eigenvalue weighted by Crippen LogP contribution is 2.25. The smallest absolute Gasteiger partial charge is 0.209 e. The molecule has 0 saturated carbocycles. The van der Waals surface area contributed by atoms with Gasteiger partial charge in [-0.1, -0.05) is 30.3 Å². The second-order valence-corrected chi connectivity index (χ2v) is 3.38. The fourth-order valence-electron chi connectivity index (χ4n) is 1.08. The zero-order valence-electron chi connectivity index (χ0n) is 6.97. The van der Waals surface area contributed by atoms with E-state index in [-0.39, 0.29) is 0 Å². The molecule has 0 unspecified atom stereocenters. The number of hydrogen-bond donors (Lipinski definition) is 0. The van der Waals surface area contributed by atoms with Crippen LogP contribution in [0.5, 0.6) is 0 Å². The molecule has 0 fully saturated rings. The van der Waals surface area contributed by atoms with Crippen molar-refractivity contribution < 1.29 is 0 Å². The fourth-order valence-corrected chi connectivity index (χ4v) is 1.71. The van der Waals surface area contributed by atoms with Crippen LogP contribution in [0.4, 0.5) is 5.13 Å². The first-order valence-electron chi connectivity index (χ1n) is 3.88. The van der Waals surface area contributed by atoms with Gasteiger partial charge in [-0.2, -0.15) is 0 Å². The van der Waals surface area contributed by atoms with Crippen LogP contribution in [0.2, 0.25) is 0 Å². The van der Waals surface area contributed by atoms with Gasteiger partial charge in [-0.15, -0.1) is 11.3 Å². The van der Waals surface area contributed by atoms with Crippen LogP contribution in [-0.4, -0.2) is 11.7 Å². The van der Waals surface area contributed by atoms with E-state index in [2.05, 4.69) is 16.7 Å². The van der Waals surface area contributed by atoms with Crippen molar-refractivity contribution >= 4 is 23.2 Å². The van der Waals surface area contributed by atoms with Crippen molar-refractivity contribution in [1.29, 1.82) is 0 Å². The van der Waals surface area contributed by atoms with E-state index in [1.165, 1.54) is 11.3 Å². The van der Waals surface area contributed by atoms with E-state index in [1.54, 1.807) is 0 Å². The lowest BCUT2D eigenvalue weighted by Crippen LogP contribution is -1.74. The van der Waals surface area contributed by atoms with Gasteiger partial charge in [0.1, 0.15) is 0 Å². The molecule has 13 heavy (non-hydrogen) atoms. The van der Waals surface area contributed by atoms with E-state index in [4.69, 9.17) is 0 Å². The minimum atomic E-state index is 0.721. The van der Waals surface area contributed by atoms with Gasteiger partial charge in [0.05, 0.1) is 5.69 Å². The Balaban J connectivity index is 2.41. The molecule has 2 aromatic rings. The Hall–Kier alpha value is -1.48. The first-order valence-corrected chi connectivity index (χ1v) is 4.76. The lowest BCUT2D eigenvalue weighted by Gasteiger charge is -1.92. The highest BCUT2D eigenvalue weighted by molar-refractivity contribution is 7.13. The summed E-state index contributed by atoms with van der Waals surface area (Å²) in [6.07, 6.45) is 0. The number of nitrogens with zero attached hydrogens (tertiary/aromatic N) is 2. The van der Waals surface area contributed by atoms with Crippen LogP contribution >= 0.6 is 11.3 Å². The molecule has 2 nitrogen and oxygen atoms in total. The third-order valence-corrected chi connectivity index (χ3v) is 2.47. The van der Waals surface area contributed by atoms with Gasteiger partial charge in [0.2, 0.25) is 5.13 Å². The number of thiazole rings is 1. The van der Waals surface area contributed by atoms with E-state index in [1.807, 2.05) is 35.7 Å². The summed E-state index contributed by atoms with van der Waals surface area (Å²) in [5.41, 5.74) is 2.08. The third kappa shape index (κ3) is 1.65. The predicted octanol–water partition coefficient (Wildman–Crippen LogP) is 3.14. The molecule has 3 heteroatoms. The molecular weight excluding hydrogens is 180 g/mol. The molecule has 0 saturated heterocycles. The van der Waals surface area contributed by atoms with Crippen LogP contribution in [0.1, 0.15) is 0 Å². The Morgan fingerprint density at radius 1 is 1.23 bits per heavy atom. The maximum atomic E-state index is 4.29. The van der Waals surface area contributed by atoms with Gasteiger partial charge in [0, 0.05) is 10.9 Å². The predicted molar refractivity (Wildman–Crippen MR) is 56.8 cm³/mol. The lowest BCUT2D eigenvalue weighted by atomic mass is 10.2. The molecule has 0 amide bonds. The van der Waals surface area contributed by atoms with Gasteiger partial charge in [-0.05, 0) is 6.72 Å². The summed E-state index contributed by atoms with van der Waals surface area (Å²) in [4.78, 5) is 8.06.